The highest BCUT2D eigenvalue weighted by molar-refractivity contribution is 5.69. The molecular formula is C11H19NO6. The van der Waals surface area contributed by atoms with Gasteiger partial charge in [-0.25, -0.2) is 0 Å². The van der Waals surface area contributed by atoms with Gasteiger partial charge in [-0.15, -0.1) is 0 Å². The molecule has 1 heterocycles. The molecule has 1 unspecified atom stereocenters. The first-order valence-corrected chi connectivity index (χ1v) is 5.93. The first kappa shape index (κ1) is 14.8. The number of carbonyl (C=O) groups is 1. The third kappa shape index (κ3) is 4.58. The molecule has 18 heavy (non-hydrogen) atoms. The molecule has 1 fully saturated rings. The summed E-state index contributed by atoms with van der Waals surface area (Å²) in [4.78, 5) is 21.6. The summed E-state index contributed by atoms with van der Waals surface area (Å²) >= 11 is 0. The normalized spacial score (nSPS) is 23.6. The van der Waals surface area contributed by atoms with Crippen molar-refractivity contribution in [2.75, 3.05) is 19.8 Å². The number of hydrogen-bond donors (Lipinski definition) is 0. The summed E-state index contributed by atoms with van der Waals surface area (Å²) < 4.78 is 15.7. The summed E-state index contributed by atoms with van der Waals surface area (Å²) in [6, 6.07) is 0. The lowest BCUT2D eigenvalue weighted by molar-refractivity contribution is -0.490. The third-order valence-corrected chi connectivity index (χ3v) is 2.67. The number of ether oxygens (including phenoxy) is 3. The molecule has 7 nitrogen and oxygen atoms in total. The summed E-state index contributed by atoms with van der Waals surface area (Å²) in [6.45, 7) is 5.35. The van der Waals surface area contributed by atoms with E-state index in [0.29, 0.717) is 0 Å². The average Bonchev–Trinajstić information content (AvgIpc) is 2.57. The molecule has 0 saturated carbocycles. The Bertz CT molecular complexity index is 317. The summed E-state index contributed by atoms with van der Waals surface area (Å²) in [6.07, 6.45) is -0.478. The van der Waals surface area contributed by atoms with Crippen LogP contribution in [-0.4, -0.2) is 42.5 Å². The lowest BCUT2D eigenvalue weighted by Crippen LogP contribution is -2.33. The van der Waals surface area contributed by atoms with Crippen LogP contribution in [-0.2, 0) is 19.0 Å². The van der Waals surface area contributed by atoms with Gasteiger partial charge in [0.05, 0.1) is 31.7 Å². The highest BCUT2D eigenvalue weighted by Gasteiger charge is 2.40. The van der Waals surface area contributed by atoms with Crippen LogP contribution in [0.2, 0.25) is 0 Å². The summed E-state index contributed by atoms with van der Waals surface area (Å²) in [7, 11) is 0. The second kappa shape index (κ2) is 6.10. The maximum Gasteiger partial charge on any atom is 0.306 e. The van der Waals surface area contributed by atoms with Crippen LogP contribution in [0.4, 0.5) is 0 Å². The predicted octanol–water partition coefficient (Wildman–Crippen LogP) is 0.984. The molecule has 1 rings (SSSR count). The zero-order valence-corrected chi connectivity index (χ0v) is 10.9. The number of nitrogens with zero attached hydrogens (tertiary/aromatic N) is 1. The van der Waals surface area contributed by atoms with E-state index in [1.807, 2.05) is 0 Å². The Morgan fingerprint density at radius 1 is 1.61 bits per heavy atom. The van der Waals surface area contributed by atoms with Crippen molar-refractivity contribution in [2.24, 2.45) is 5.92 Å². The van der Waals surface area contributed by atoms with Crippen molar-refractivity contribution in [3.8, 4) is 0 Å². The molecule has 104 valence electrons. The molecule has 0 bridgehead atoms. The van der Waals surface area contributed by atoms with E-state index >= 15 is 0 Å². The van der Waals surface area contributed by atoms with Crippen molar-refractivity contribution in [1.82, 2.24) is 0 Å². The molecule has 7 heteroatoms. The molecular weight excluding hydrogens is 242 g/mol. The van der Waals surface area contributed by atoms with Gasteiger partial charge in [-0.05, 0) is 20.8 Å². The number of hydrogen-bond acceptors (Lipinski definition) is 6. The van der Waals surface area contributed by atoms with Crippen LogP contribution >= 0.6 is 0 Å². The second-order valence-corrected chi connectivity index (χ2v) is 4.65. The van der Waals surface area contributed by atoms with Crippen molar-refractivity contribution in [3.63, 3.8) is 0 Å². The number of carbonyl (C=O) groups excluding carboxylic acids is 1. The van der Waals surface area contributed by atoms with Gasteiger partial charge in [0.1, 0.15) is 0 Å². The van der Waals surface area contributed by atoms with Crippen LogP contribution in [0, 0.1) is 16.0 Å². The van der Waals surface area contributed by atoms with Crippen LogP contribution < -0.4 is 0 Å². The Balaban J connectivity index is 2.61. The first-order chi connectivity index (χ1) is 8.34. The number of rotatable bonds is 6. The minimum atomic E-state index is -0.756. The standard InChI is InChI=1S/C11H19NO6/c1-4-16-10(13)5-8(6-12(14)15)9-7-17-11(2,3)18-9/h8-9H,4-7H2,1-3H3/t8?,9-/m0/s1. The molecule has 2 atom stereocenters. The van der Waals surface area contributed by atoms with Gasteiger partial charge in [0.15, 0.2) is 5.79 Å². The molecule has 1 saturated heterocycles. The number of nitro groups is 1. The van der Waals surface area contributed by atoms with E-state index < -0.39 is 28.7 Å². The lowest BCUT2D eigenvalue weighted by Gasteiger charge is -2.21. The third-order valence-electron chi connectivity index (χ3n) is 2.67. The minimum absolute atomic E-state index is 0.0288. The molecule has 0 spiro atoms. The van der Waals surface area contributed by atoms with E-state index in [1.165, 1.54) is 0 Å². The maximum atomic E-state index is 11.4. The van der Waals surface area contributed by atoms with Crippen LogP contribution in [0.1, 0.15) is 27.2 Å². The monoisotopic (exact) mass is 261 g/mol. The van der Waals surface area contributed by atoms with E-state index in [4.69, 9.17) is 14.2 Å². The Hall–Kier alpha value is -1.21. The van der Waals surface area contributed by atoms with Crippen molar-refractivity contribution in [2.45, 2.75) is 39.1 Å². The van der Waals surface area contributed by atoms with E-state index in [1.54, 1.807) is 20.8 Å². The fourth-order valence-corrected chi connectivity index (χ4v) is 1.89. The first-order valence-electron chi connectivity index (χ1n) is 5.93. The van der Waals surface area contributed by atoms with Crippen LogP contribution in [0.3, 0.4) is 0 Å². The number of esters is 1. The second-order valence-electron chi connectivity index (χ2n) is 4.65. The molecule has 0 aromatic heterocycles. The SMILES string of the molecule is CCOC(=O)CC(C[N+](=O)[O-])[C@@H]1COC(C)(C)O1. The quantitative estimate of drug-likeness (QED) is 0.402. The van der Waals surface area contributed by atoms with Gasteiger partial charge >= 0.3 is 5.97 Å². The highest BCUT2D eigenvalue weighted by atomic mass is 16.7. The van der Waals surface area contributed by atoms with Gasteiger partial charge in [0, 0.05) is 4.92 Å². The molecule has 1 aliphatic rings. The van der Waals surface area contributed by atoms with Gasteiger partial charge in [-0.1, -0.05) is 0 Å². The van der Waals surface area contributed by atoms with Gasteiger partial charge < -0.3 is 14.2 Å². The van der Waals surface area contributed by atoms with Crippen LogP contribution in [0.5, 0.6) is 0 Å². The predicted molar refractivity (Wildman–Crippen MR) is 61.5 cm³/mol. The molecule has 0 aromatic rings. The molecule has 0 N–H and O–H groups in total. The van der Waals surface area contributed by atoms with Gasteiger partial charge in [-0.3, -0.25) is 14.9 Å². The van der Waals surface area contributed by atoms with Crippen molar-refractivity contribution in [1.29, 1.82) is 0 Å². The molecule has 0 radical (unpaired) electrons. The zero-order chi connectivity index (χ0) is 13.8. The molecule has 0 aromatic carbocycles. The molecule has 0 amide bonds. The van der Waals surface area contributed by atoms with E-state index in [2.05, 4.69) is 0 Å². The highest BCUT2D eigenvalue weighted by Crippen LogP contribution is 2.28. The fourth-order valence-electron chi connectivity index (χ4n) is 1.89. The van der Waals surface area contributed by atoms with Gasteiger partial charge in [0.25, 0.3) is 0 Å². The molecule has 0 aliphatic carbocycles. The van der Waals surface area contributed by atoms with Crippen LogP contribution in [0.15, 0.2) is 0 Å². The van der Waals surface area contributed by atoms with Gasteiger partial charge in [0.2, 0.25) is 6.54 Å². The van der Waals surface area contributed by atoms with E-state index in [9.17, 15) is 14.9 Å². The van der Waals surface area contributed by atoms with Crippen molar-refractivity contribution < 1.29 is 23.9 Å². The maximum absolute atomic E-state index is 11.4. The average molecular weight is 261 g/mol. The zero-order valence-electron chi connectivity index (χ0n) is 10.9. The van der Waals surface area contributed by atoms with Gasteiger partial charge in [-0.2, -0.15) is 0 Å². The smallest absolute Gasteiger partial charge is 0.306 e. The largest absolute Gasteiger partial charge is 0.466 e. The van der Waals surface area contributed by atoms with Crippen molar-refractivity contribution >= 4 is 5.97 Å². The Morgan fingerprint density at radius 3 is 2.72 bits per heavy atom. The fraction of sp³-hybridized carbons (Fsp3) is 0.909. The van der Waals surface area contributed by atoms with Crippen LogP contribution in [0.25, 0.3) is 0 Å². The lowest BCUT2D eigenvalue weighted by atomic mass is 9.99. The topological polar surface area (TPSA) is 87.9 Å². The van der Waals surface area contributed by atoms with Crippen molar-refractivity contribution in [3.05, 3.63) is 10.1 Å². The summed E-state index contributed by atoms with van der Waals surface area (Å²) in [5.74, 6) is -1.73. The summed E-state index contributed by atoms with van der Waals surface area (Å²) in [5, 5.41) is 10.6. The summed E-state index contributed by atoms with van der Waals surface area (Å²) in [5.41, 5.74) is 0. The van der Waals surface area contributed by atoms with E-state index in [-0.39, 0.29) is 26.2 Å². The Labute approximate surface area is 106 Å². The minimum Gasteiger partial charge on any atom is -0.466 e. The molecule has 1 aliphatic heterocycles. The Kier molecular flexibility index (Phi) is 5.03. The Morgan fingerprint density at radius 2 is 2.28 bits per heavy atom. The van der Waals surface area contributed by atoms with E-state index in [0.717, 1.165) is 0 Å².